The summed E-state index contributed by atoms with van der Waals surface area (Å²) in [7, 11) is -1.11. The van der Waals surface area contributed by atoms with Crippen LogP contribution in [0.25, 0.3) is 0 Å². The minimum atomic E-state index is -1.11. The van der Waals surface area contributed by atoms with Crippen molar-refractivity contribution in [3.8, 4) is 0 Å². The topological polar surface area (TPSA) is 61.0 Å². The fourth-order valence-electron chi connectivity index (χ4n) is 0. The Bertz CT molecular complexity index is 28.4. The van der Waals surface area contributed by atoms with Crippen molar-refractivity contribution < 1.29 is 51.4 Å². The third-order valence-corrected chi connectivity index (χ3v) is 0. The van der Waals surface area contributed by atoms with Gasteiger partial charge in [0.25, 0.3) is 0 Å². The van der Waals surface area contributed by atoms with E-state index in [2.05, 4.69) is 19.6 Å². The minimum Gasteiger partial charge on any atom is -0.351 e. The van der Waals surface area contributed by atoms with Crippen LogP contribution in [0.3, 0.4) is 0 Å². The molecule has 0 heterocycles. The molecule has 0 spiro atoms. The zero-order chi connectivity index (χ0) is 4.50. The molecule has 0 amide bonds. The third-order valence-electron chi connectivity index (χ3n) is 0. The van der Waals surface area contributed by atoms with E-state index in [-0.39, 0.29) is 57.5 Å². The molecule has 0 aliphatic rings. The molecule has 0 aromatic carbocycles. The Morgan fingerprint density at radius 2 is 1.14 bits per heavy atom. The Labute approximate surface area is 89.3 Å². The van der Waals surface area contributed by atoms with Crippen molar-refractivity contribution in [2.24, 2.45) is 5.40 Å². The summed E-state index contributed by atoms with van der Waals surface area (Å²) >= 11 is 0. The molecule has 4 heteroatoms. The maximum absolute atomic E-state index is 5.49. The molecule has 0 aliphatic heterocycles. The predicted molar refractivity (Wildman–Crippen MR) is 32.6 cm³/mol. The maximum Gasteiger partial charge on any atom is 1.00 e. The second-order valence-electron chi connectivity index (χ2n) is 2.37. The summed E-state index contributed by atoms with van der Waals surface area (Å²) in [6.07, 6.45) is 0. The summed E-state index contributed by atoms with van der Waals surface area (Å²) in [5, 5.41) is 5.49. The molecule has 0 aromatic rings. The summed E-state index contributed by atoms with van der Waals surface area (Å²) in [6, 6.07) is 0. The van der Waals surface area contributed by atoms with Gasteiger partial charge in [-0.1, -0.05) is 19.6 Å². The molecule has 5 N–H and O–H groups in total. The second-order valence-corrected chi connectivity index (χ2v) is 7.10. The fraction of sp³-hybridized carbons (Fsp3) is 1.00. The average molecular weight is 145 g/mol. The first-order valence-electron chi connectivity index (χ1n) is 1.79. The van der Waals surface area contributed by atoms with E-state index in [0.29, 0.717) is 0 Å². The van der Waals surface area contributed by atoms with Crippen LogP contribution >= 0.6 is 0 Å². The van der Waals surface area contributed by atoms with Crippen molar-refractivity contribution in [3.63, 3.8) is 0 Å². The van der Waals surface area contributed by atoms with Gasteiger partial charge in [-0.15, -0.1) is 0 Å². The van der Waals surface area contributed by atoms with Gasteiger partial charge in [-0.25, -0.2) is 0 Å². The van der Waals surface area contributed by atoms with Crippen LogP contribution in [0.1, 0.15) is 0 Å². The van der Waals surface area contributed by atoms with E-state index in [1.807, 2.05) is 0 Å². The van der Waals surface area contributed by atoms with Crippen LogP contribution in [0.5, 0.6) is 0 Å². The van der Waals surface area contributed by atoms with Crippen molar-refractivity contribution in [1.82, 2.24) is 6.15 Å². The Kier molecular flexibility index (Phi) is 13.4. The molecule has 0 atom stereocenters. The van der Waals surface area contributed by atoms with E-state index >= 15 is 0 Å². The molecule has 0 fully saturated rings. The van der Waals surface area contributed by atoms with Crippen molar-refractivity contribution >= 4 is 8.24 Å². The summed E-state index contributed by atoms with van der Waals surface area (Å²) < 4.78 is 0. The van der Waals surface area contributed by atoms with Gasteiger partial charge < -0.3 is 11.5 Å². The second kappa shape index (κ2) is 5.90. The minimum absolute atomic E-state index is 0. The monoisotopic (exact) mass is 145 g/mol. The van der Waals surface area contributed by atoms with Gasteiger partial charge in [0.2, 0.25) is 0 Å². The number of hydrogen-bond donors (Lipinski definition) is 2. The summed E-state index contributed by atoms with van der Waals surface area (Å²) in [5.41, 5.74) is 0. The van der Waals surface area contributed by atoms with Crippen molar-refractivity contribution in [3.05, 3.63) is 0 Å². The molecular formula is C3H14KN2Si+. The zero-order valence-corrected chi connectivity index (χ0v) is 9.91. The maximum atomic E-state index is 5.49. The van der Waals surface area contributed by atoms with E-state index in [9.17, 15) is 0 Å². The van der Waals surface area contributed by atoms with Gasteiger partial charge >= 0.3 is 51.4 Å². The first-order valence-corrected chi connectivity index (χ1v) is 5.37. The van der Waals surface area contributed by atoms with Crippen LogP contribution in [0.4, 0.5) is 0 Å². The number of rotatable bonds is 0. The van der Waals surface area contributed by atoms with E-state index in [1.165, 1.54) is 0 Å². The molecule has 0 bridgehead atoms. The summed E-state index contributed by atoms with van der Waals surface area (Å²) in [4.78, 5) is 0. The van der Waals surface area contributed by atoms with Crippen LogP contribution in [-0.2, 0) is 0 Å². The van der Waals surface area contributed by atoms with E-state index < -0.39 is 8.24 Å². The van der Waals surface area contributed by atoms with Crippen molar-refractivity contribution in [2.75, 3.05) is 0 Å². The summed E-state index contributed by atoms with van der Waals surface area (Å²) in [6.45, 7) is 6.31. The van der Waals surface area contributed by atoms with Crippen molar-refractivity contribution in [2.45, 2.75) is 19.6 Å². The molecule has 0 aromatic heterocycles. The zero-order valence-electron chi connectivity index (χ0n) is 5.78. The summed E-state index contributed by atoms with van der Waals surface area (Å²) in [5.74, 6) is 0. The number of hydrogen-bond acceptors (Lipinski definition) is 2. The van der Waals surface area contributed by atoms with Crippen LogP contribution in [0.2, 0.25) is 19.6 Å². The molecule has 40 valence electrons. The van der Waals surface area contributed by atoms with E-state index in [0.717, 1.165) is 0 Å². The molecule has 0 rings (SSSR count). The molecule has 7 heavy (non-hydrogen) atoms. The first-order chi connectivity index (χ1) is 2.00. The molecule has 0 saturated carbocycles. The smallest absolute Gasteiger partial charge is 0.351 e. The quantitative estimate of drug-likeness (QED) is 0.385. The molecule has 0 aliphatic carbocycles. The van der Waals surface area contributed by atoms with Gasteiger partial charge in [0.05, 0.1) is 0 Å². The van der Waals surface area contributed by atoms with Gasteiger partial charge in [0.15, 0.2) is 0 Å². The predicted octanol–water partition coefficient (Wildman–Crippen LogP) is -2.05. The van der Waals surface area contributed by atoms with Gasteiger partial charge in [-0.05, 0) is 0 Å². The largest absolute Gasteiger partial charge is 1.00 e. The standard InChI is InChI=1S/C3H11NSi.K.H3N/c1-5(2,3)4;;/h4H2,1-3H3;;1H3/q;+1;. The third kappa shape index (κ3) is 82.4. The Balaban J connectivity index is -0.0000000800. The molecule has 2 nitrogen and oxygen atoms in total. The van der Waals surface area contributed by atoms with Crippen LogP contribution in [-0.4, -0.2) is 8.24 Å². The van der Waals surface area contributed by atoms with Gasteiger partial charge in [-0.3, -0.25) is 0 Å². The SMILES string of the molecule is C[Si](C)(C)N.N.[K+]. The Morgan fingerprint density at radius 3 is 1.14 bits per heavy atom. The molecule has 0 radical (unpaired) electrons. The van der Waals surface area contributed by atoms with Gasteiger partial charge in [-0.2, -0.15) is 0 Å². The fourth-order valence-corrected chi connectivity index (χ4v) is 0. The first kappa shape index (κ1) is 15.9. The Hall–Kier alpha value is 1.77. The number of nitrogens with two attached hydrogens (primary N) is 1. The van der Waals surface area contributed by atoms with E-state index in [4.69, 9.17) is 5.40 Å². The molecule has 0 saturated heterocycles. The van der Waals surface area contributed by atoms with Crippen molar-refractivity contribution in [1.29, 1.82) is 0 Å². The van der Waals surface area contributed by atoms with Crippen LogP contribution in [0, 0.1) is 0 Å². The van der Waals surface area contributed by atoms with Gasteiger partial charge in [0, 0.05) is 0 Å². The van der Waals surface area contributed by atoms with Gasteiger partial charge in [0.1, 0.15) is 8.24 Å². The normalized spacial score (nSPS) is 8.57. The Morgan fingerprint density at radius 1 is 1.14 bits per heavy atom. The molecular weight excluding hydrogens is 131 g/mol. The van der Waals surface area contributed by atoms with Crippen LogP contribution in [0.15, 0.2) is 0 Å². The van der Waals surface area contributed by atoms with E-state index in [1.54, 1.807) is 0 Å². The average Bonchev–Trinajstić information content (AvgIpc) is 0.722. The van der Waals surface area contributed by atoms with Crippen LogP contribution < -0.4 is 62.9 Å². The molecule has 0 unspecified atom stereocenters.